The highest BCUT2D eigenvalue weighted by atomic mass is 16.3. The third-order valence-electron chi connectivity index (χ3n) is 9.47. The van der Waals surface area contributed by atoms with Crippen LogP contribution < -0.4 is 10.6 Å². The average Bonchev–Trinajstić information content (AvgIpc) is 3.32. The predicted molar refractivity (Wildman–Crippen MR) is 134 cm³/mol. The van der Waals surface area contributed by atoms with Crippen LogP contribution in [-0.2, 0) is 0 Å². The van der Waals surface area contributed by atoms with Crippen LogP contribution in [0.25, 0.3) is 0 Å². The number of furan rings is 1. The maximum absolute atomic E-state index is 13.2. The molecule has 1 aromatic rings. The fourth-order valence-corrected chi connectivity index (χ4v) is 7.43. The second-order valence-electron chi connectivity index (χ2n) is 12.0. The lowest BCUT2D eigenvalue weighted by Crippen LogP contribution is -2.61. The van der Waals surface area contributed by atoms with E-state index >= 15 is 0 Å². The van der Waals surface area contributed by atoms with Crippen LogP contribution in [0.3, 0.4) is 0 Å². The minimum atomic E-state index is -0.154. The molecule has 3 fully saturated rings. The normalized spacial score (nSPS) is 33.7. The zero-order valence-electron chi connectivity index (χ0n) is 21.7. The number of rotatable bonds is 5. The molecular formula is C27H44N4O3. The highest BCUT2D eigenvalue weighted by molar-refractivity contribution is 5.91. The summed E-state index contributed by atoms with van der Waals surface area (Å²) >= 11 is 0. The van der Waals surface area contributed by atoms with Gasteiger partial charge < -0.3 is 24.9 Å². The zero-order chi connectivity index (χ0) is 24.5. The molecule has 0 bridgehead atoms. The van der Waals surface area contributed by atoms with Gasteiger partial charge in [0.1, 0.15) is 0 Å². The Bertz CT molecular complexity index is 846. The summed E-state index contributed by atoms with van der Waals surface area (Å²) in [7, 11) is 2.11. The van der Waals surface area contributed by atoms with Crippen molar-refractivity contribution in [2.45, 2.75) is 65.8 Å². The summed E-state index contributed by atoms with van der Waals surface area (Å²) in [6.45, 7) is 13.7. The quantitative estimate of drug-likeness (QED) is 0.673. The Hall–Kier alpha value is -2.02. The van der Waals surface area contributed by atoms with Crippen LogP contribution >= 0.6 is 0 Å². The Morgan fingerprint density at radius 3 is 2.56 bits per heavy atom. The Kier molecular flexibility index (Phi) is 7.32. The van der Waals surface area contributed by atoms with E-state index < -0.39 is 0 Å². The van der Waals surface area contributed by atoms with E-state index in [-0.39, 0.29) is 28.8 Å². The van der Waals surface area contributed by atoms with E-state index in [2.05, 4.69) is 50.3 Å². The van der Waals surface area contributed by atoms with Gasteiger partial charge in [-0.3, -0.25) is 4.79 Å². The molecule has 2 aliphatic carbocycles. The summed E-state index contributed by atoms with van der Waals surface area (Å²) < 4.78 is 5.25. The maximum atomic E-state index is 13.2. The fraction of sp³-hybridized carbons (Fsp3) is 0.778. The molecule has 5 atom stereocenters. The van der Waals surface area contributed by atoms with Crippen LogP contribution in [0, 0.1) is 28.6 Å². The number of hydrogen-bond acceptors (Lipinski definition) is 4. The Morgan fingerprint density at radius 1 is 1.15 bits per heavy atom. The summed E-state index contributed by atoms with van der Waals surface area (Å²) in [5.74, 6) is 1.54. The molecule has 3 aliphatic rings. The zero-order valence-corrected chi connectivity index (χ0v) is 21.7. The van der Waals surface area contributed by atoms with Gasteiger partial charge in [-0.25, -0.2) is 4.79 Å². The van der Waals surface area contributed by atoms with E-state index in [0.29, 0.717) is 30.1 Å². The van der Waals surface area contributed by atoms with E-state index in [0.717, 1.165) is 39.0 Å². The number of fused-ring (bicyclic) bond motifs is 1. The molecule has 0 spiro atoms. The number of nitrogens with zero attached hydrogens (tertiary/aromatic N) is 2. The van der Waals surface area contributed by atoms with Crippen LogP contribution in [0.2, 0.25) is 0 Å². The molecule has 2 heterocycles. The molecule has 1 unspecified atom stereocenters. The van der Waals surface area contributed by atoms with Gasteiger partial charge in [-0.05, 0) is 73.4 Å². The van der Waals surface area contributed by atoms with Gasteiger partial charge in [0, 0.05) is 38.8 Å². The smallest absolute Gasteiger partial charge is 0.317 e. The number of amides is 3. The van der Waals surface area contributed by atoms with Gasteiger partial charge in [0.05, 0.1) is 6.26 Å². The topological polar surface area (TPSA) is 77.8 Å². The molecule has 0 radical (unpaired) electrons. The van der Waals surface area contributed by atoms with Crippen molar-refractivity contribution in [2.24, 2.45) is 28.6 Å². The maximum Gasteiger partial charge on any atom is 0.317 e. The molecule has 0 aromatic carbocycles. The lowest BCUT2D eigenvalue weighted by Gasteiger charge is -2.61. The van der Waals surface area contributed by atoms with Crippen molar-refractivity contribution in [3.8, 4) is 0 Å². The lowest BCUT2D eigenvalue weighted by molar-refractivity contribution is -0.106. The van der Waals surface area contributed by atoms with Crippen molar-refractivity contribution in [2.75, 3.05) is 39.8 Å². The molecule has 1 saturated heterocycles. The summed E-state index contributed by atoms with van der Waals surface area (Å²) in [5.41, 5.74) is 0.464. The van der Waals surface area contributed by atoms with E-state index in [1.165, 1.54) is 25.5 Å². The second-order valence-corrected chi connectivity index (χ2v) is 12.0. The molecule has 1 aromatic heterocycles. The molecule has 1 aliphatic heterocycles. The molecule has 2 N–H and O–H groups in total. The molecule has 2 saturated carbocycles. The lowest BCUT2D eigenvalue weighted by atomic mass is 9.45. The molecule has 4 rings (SSSR count). The van der Waals surface area contributed by atoms with Gasteiger partial charge in [0.2, 0.25) is 0 Å². The number of carbonyl (C=O) groups is 2. The largest absolute Gasteiger partial charge is 0.459 e. The van der Waals surface area contributed by atoms with Crippen molar-refractivity contribution in [1.82, 2.24) is 20.4 Å². The van der Waals surface area contributed by atoms with Gasteiger partial charge in [0.25, 0.3) is 5.91 Å². The monoisotopic (exact) mass is 472 g/mol. The highest BCUT2D eigenvalue weighted by Gasteiger charge is 2.56. The van der Waals surface area contributed by atoms with E-state index in [1.807, 2.05) is 4.90 Å². The molecule has 7 heteroatoms. The van der Waals surface area contributed by atoms with Crippen LogP contribution in [0.5, 0.6) is 0 Å². The number of likely N-dealkylation sites (N-methyl/N-ethyl adjacent to an activating group) is 1. The summed E-state index contributed by atoms with van der Waals surface area (Å²) in [6, 6.07) is 3.69. The summed E-state index contributed by atoms with van der Waals surface area (Å²) in [4.78, 5) is 29.9. The first-order valence-corrected chi connectivity index (χ1v) is 13.2. The van der Waals surface area contributed by atoms with Crippen molar-refractivity contribution in [3.63, 3.8) is 0 Å². The molecule has 7 nitrogen and oxygen atoms in total. The SMILES string of the molecule is C[C@@H]1[C@H](NC(=O)N2CCN(C)CC2)CC2C(C)(C)CCC[C@]2(C)[C@H]1CCNC(=O)c1ccco1. The van der Waals surface area contributed by atoms with Crippen molar-refractivity contribution in [1.29, 1.82) is 0 Å². The predicted octanol–water partition coefficient (Wildman–Crippen LogP) is 4.21. The Morgan fingerprint density at radius 2 is 1.88 bits per heavy atom. The van der Waals surface area contributed by atoms with Gasteiger partial charge >= 0.3 is 6.03 Å². The average molecular weight is 473 g/mol. The minimum Gasteiger partial charge on any atom is -0.459 e. The molecule has 34 heavy (non-hydrogen) atoms. The molecular weight excluding hydrogens is 428 g/mol. The van der Waals surface area contributed by atoms with Crippen molar-refractivity contribution < 1.29 is 14.0 Å². The fourth-order valence-electron chi connectivity index (χ4n) is 7.43. The van der Waals surface area contributed by atoms with Gasteiger partial charge in [-0.15, -0.1) is 0 Å². The highest BCUT2D eigenvalue weighted by Crippen LogP contribution is 2.61. The van der Waals surface area contributed by atoms with E-state index in [9.17, 15) is 9.59 Å². The minimum absolute atomic E-state index is 0.0899. The van der Waals surface area contributed by atoms with Gasteiger partial charge in [-0.1, -0.05) is 34.1 Å². The van der Waals surface area contributed by atoms with E-state index in [1.54, 1.807) is 12.1 Å². The van der Waals surface area contributed by atoms with Crippen LogP contribution in [0.1, 0.15) is 70.4 Å². The number of hydrogen-bond donors (Lipinski definition) is 2. The van der Waals surface area contributed by atoms with Crippen molar-refractivity contribution >= 4 is 11.9 Å². The molecule has 3 amide bonds. The number of urea groups is 1. The Balaban J connectivity index is 1.47. The number of carbonyl (C=O) groups excluding carboxylic acids is 2. The molecule has 190 valence electrons. The first kappa shape index (κ1) is 25.1. The Labute approximate surface area is 205 Å². The van der Waals surface area contributed by atoms with Crippen molar-refractivity contribution in [3.05, 3.63) is 24.2 Å². The standard InChI is InChI=1S/C27H44N4O3/c1-19-20(9-12-28-24(32)22-8-6-17-34-22)27(4)11-7-10-26(2,3)23(27)18-21(19)29-25(33)31-15-13-30(5)14-16-31/h6,8,17,19-21,23H,7,9-16,18H2,1-5H3,(H,28,32)(H,29,33)/t19-,20-,21+,23?,27+/m0/s1. The van der Waals surface area contributed by atoms with Gasteiger partial charge in [0.15, 0.2) is 5.76 Å². The van der Waals surface area contributed by atoms with E-state index in [4.69, 9.17) is 4.42 Å². The van der Waals surface area contributed by atoms with Crippen LogP contribution in [0.4, 0.5) is 4.79 Å². The summed E-state index contributed by atoms with van der Waals surface area (Å²) in [6.07, 6.45) is 7.20. The first-order chi connectivity index (χ1) is 16.1. The second kappa shape index (κ2) is 9.92. The third-order valence-corrected chi connectivity index (χ3v) is 9.47. The van der Waals surface area contributed by atoms with Crippen LogP contribution in [0.15, 0.2) is 22.8 Å². The van der Waals surface area contributed by atoms with Crippen LogP contribution in [-0.4, -0.2) is 67.6 Å². The first-order valence-electron chi connectivity index (χ1n) is 13.2. The number of piperazine rings is 1. The van der Waals surface area contributed by atoms with Gasteiger partial charge in [-0.2, -0.15) is 0 Å². The summed E-state index contributed by atoms with van der Waals surface area (Å²) in [5, 5.41) is 6.52. The number of nitrogens with one attached hydrogen (secondary N) is 2. The third kappa shape index (κ3) is 5.00.